The molecule has 2 aliphatic rings. The number of carbonyl (C=O) groups excluding carboxylic acids is 3. The fourth-order valence-corrected chi connectivity index (χ4v) is 3.70. The van der Waals surface area contributed by atoms with Crippen LogP contribution in [-0.2, 0) is 15.1 Å². The number of hydrogen-bond donors (Lipinski definition) is 2. The van der Waals surface area contributed by atoms with Gasteiger partial charge in [-0.1, -0.05) is 28.1 Å². The number of imide groups is 1. The van der Waals surface area contributed by atoms with Crippen LogP contribution < -0.4 is 20.1 Å². The topological polar surface area (TPSA) is 97.0 Å². The molecule has 2 aromatic rings. The molecule has 9 heteroatoms. The second kappa shape index (κ2) is 7.40. The van der Waals surface area contributed by atoms with Gasteiger partial charge in [0.1, 0.15) is 25.3 Å². The highest BCUT2D eigenvalue weighted by molar-refractivity contribution is 9.10. The molecule has 29 heavy (non-hydrogen) atoms. The first-order chi connectivity index (χ1) is 13.9. The lowest BCUT2D eigenvalue weighted by Crippen LogP contribution is -2.42. The van der Waals surface area contributed by atoms with Crippen LogP contribution in [0.4, 0.5) is 10.5 Å². The van der Waals surface area contributed by atoms with Crippen LogP contribution in [0, 0.1) is 0 Å². The summed E-state index contributed by atoms with van der Waals surface area (Å²) in [6.45, 7) is 2.08. The van der Waals surface area contributed by atoms with E-state index in [1.54, 1.807) is 43.3 Å². The SMILES string of the molecule is C[C@@]1(c2ccc3c(c2)OCCO3)NC(=O)N(CC(=O)Nc2cccc(Br)c2)C1=O. The zero-order chi connectivity index (χ0) is 20.6. The Morgan fingerprint density at radius 2 is 1.93 bits per heavy atom. The number of nitrogens with zero attached hydrogens (tertiary/aromatic N) is 1. The number of benzene rings is 2. The van der Waals surface area contributed by atoms with Gasteiger partial charge in [0.05, 0.1) is 0 Å². The second-order valence-electron chi connectivity index (χ2n) is 6.86. The Balaban J connectivity index is 1.51. The third kappa shape index (κ3) is 3.65. The van der Waals surface area contributed by atoms with Crippen molar-refractivity contribution >= 4 is 39.5 Å². The average molecular weight is 460 g/mol. The maximum absolute atomic E-state index is 13.0. The molecule has 0 aromatic heterocycles. The average Bonchev–Trinajstić information content (AvgIpc) is 2.91. The van der Waals surface area contributed by atoms with Crippen LogP contribution in [0.15, 0.2) is 46.9 Å². The summed E-state index contributed by atoms with van der Waals surface area (Å²) in [5.74, 6) is 0.120. The van der Waals surface area contributed by atoms with Crippen LogP contribution in [0.3, 0.4) is 0 Å². The number of urea groups is 1. The number of rotatable bonds is 4. The number of hydrogen-bond acceptors (Lipinski definition) is 5. The summed E-state index contributed by atoms with van der Waals surface area (Å²) < 4.78 is 11.9. The highest BCUT2D eigenvalue weighted by Crippen LogP contribution is 2.36. The molecule has 0 bridgehead atoms. The minimum atomic E-state index is -1.30. The maximum Gasteiger partial charge on any atom is 0.325 e. The van der Waals surface area contributed by atoms with Crippen molar-refractivity contribution in [1.82, 2.24) is 10.2 Å². The van der Waals surface area contributed by atoms with E-state index in [2.05, 4.69) is 26.6 Å². The molecule has 0 spiro atoms. The van der Waals surface area contributed by atoms with Gasteiger partial charge in [-0.3, -0.25) is 14.5 Å². The van der Waals surface area contributed by atoms with E-state index in [0.717, 1.165) is 9.37 Å². The molecule has 0 saturated carbocycles. The van der Waals surface area contributed by atoms with Gasteiger partial charge in [0.25, 0.3) is 5.91 Å². The molecule has 2 aliphatic heterocycles. The lowest BCUT2D eigenvalue weighted by molar-refractivity contribution is -0.133. The minimum Gasteiger partial charge on any atom is -0.486 e. The predicted octanol–water partition coefficient (Wildman–Crippen LogP) is 2.63. The number of nitrogens with one attached hydrogen (secondary N) is 2. The zero-order valence-corrected chi connectivity index (χ0v) is 17.1. The van der Waals surface area contributed by atoms with E-state index in [-0.39, 0.29) is 0 Å². The van der Waals surface area contributed by atoms with Gasteiger partial charge in [0, 0.05) is 10.2 Å². The van der Waals surface area contributed by atoms with Gasteiger partial charge in [-0.15, -0.1) is 0 Å². The van der Waals surface area contributed by atoms with Crippen molar-refractivity contribution < 1.29 is 23.9 Å². The summed E-state index contributed by atoms with van der Waals surface area (Å²) in [6, 6.07) is 11.5. The monoisotopic (exact) mass is 459 g/mol. The van der Waals surface area contributed by atoms with E-state index in [1.807, 2.05) is 6.07 Å². The van der Waals surface area contributed by atoms with Gasteiger partial charge < -0.3 is 20.1 Å². The van der Waals surface area contributed by atoms with Crippen molar-refractivity contribution in [3.05, 3.63) is 52.5 Å². The molecule has 1 saturated heterocycles. The van der Waals surface area contributed by atoms with Gasteiger partial charge in [0.2, 0.25) is 5.91 Å². The third-order valence-electron chi connectivity index (χ3n) is 4.80. The number of carbonyl (C=O) groups is 3. The summed E-state index contributed by atoms with van der Waals surface area (Å²) in [7, 11) is 0. The van der Waals surface area contributed by atoms with E-state index < -0.39 is 29.9 Å². The number of amides is 4. The van der Waals surface area contributed by atoms with E-state index in [9.17, 15) is 14.4 Å². The molecule has 0 radical (unpaired) electrons. The van der Waals surface area contributed by atoms with Crippen molar-refractivity contribution in [1.29, 1.82) is 0 Å². The molecule has 1 atom stereocenters. The van der Waals surface area contributed by atoms with E-state index >= 15 is 0 Å². The van der Waals surface area contributed by atoms with E-state index in [4.69, 9.17) is 9.47 Å². The van der Waals surface area contributed by atoms with Crippen molar-refractivity contribution in [3.8, 4) is 11.5 Å². The molecular formula is C20H18BrN3O5. The Bertz CT molecular complexity index is 1010. The number of ether oxygens (including phenoxy) is 2. The van der Waals surface area contributed by atoms with Gasteiger partial charge in [-0.2, -0.15) is 0 Å². The Labute approximate surface area is 175 Å². The molecule has 150 valence electrons. The van der Waals surface area contributed by atoms with Crippen molar-refractivity contribution in [2.45, 2.75) is 12.5 Å². The van der Waals surface area contributed by atoms with Crippen molar-refractivity contribution in [2.24, 2.45) is 0 Å². The number of anilines is 1. The fourth-order valence-electron chi connectivity index (χ4n) is 3.30. The lowest BCUT2D eigenvalue weighted by atomic mass is 9.91. The Morgan fingerprint density at radius 3 is 2.69 bits per heavy atom. The largest absolute Gasteiger partial charge is 0.486 e. The standard InChI is InChI=1S/C20H18BrN3O5/c1-20(12-5-6-15-16(9-12)29-8-7-28-15)18(26)24(19(27)23-20)11-17(25)22-14-4-2-3-13(21)10-14/h2-6,9-10H,7-8,11H2,1H3,(H,22,25)(H,23,27)/t20-/m0/s1. The third-order valence-corrected chi connectivity index (χ3v) is 5.30. The molecule has 1 fully saturated rings. The van der Waals surface area contributed by atoms with E-state index in [0.29, 0.717) is 36.0 Å². The summed E-state index contributed by atoms with van der Waals surface area (Å²) in [5, 5.41) is 5.36. The Kier molecular flexibility index (Phi) is 4.91. The van der Waals surface area contributed by atoms with Crippen LogP contribution in [0.5, 0.6) is 11.5 Å². The molecule has 0 unspecified atom stereocenters. The number of fused-ring (bicyclic) bond motifs is 1. The Morgan fingerprint density at radius 1 is 1.17 bits per heavy atom. The minimum absolute atomic E-state index is 0.392. The van der Waals surface area contributed by atoms with Crippen LogP contribution in [0.25, 0.3) is 0 Å². The highest BCUT2D eigenvalue weighted by atomic mass is 79.9. The van der Waals surface area contributed by atoms with Gasteiger partial charge in [0.15, 0.2) is 11.5 Å². The molecule has 2 aromatic carbocycles. The zero-order valence-electron chi connectivity index (χ0n) is 15.5. The van der Waals surface area contributed by atoms with E-state index in [1.165, 1.54) is 0 Å². The molecular weight excluding hydrogens is 442 g/mol. The lowest BCUT2D eigenvalue weighted by Gasteiger charge is -2.25. The highest BCUT2D eigenvalue weighted by Gasteiger charge is 2.49. The van der Waals surface area contributed by atoms with Crippen molar-refractivity contribution in [3.63, 3.8) is 0 Å². The van der Waals surface area contributed by atoms with Crippen LogP contribution in [-0.4, -0.2) is 42.5 Å². The summed E-state index contributed by atoms with van der Waals surface area (Å²) in [4.78, 5) is 38.8. The summed E-state index contributed by atoms with van der Waals surface area (Å²) in [6.07, 6.45) is 0. The second-order valence-corrected chi connectivity index (χ2v) is 7.78. The molecule has 2 N–H and O–H groups in total. The van der Waals surface area contributed by atoms with Crippen LogP contribution >= 0.6 is 15.9 Å². The predicted molar refractivity (Wildman–Crippen MR) is 108 cm³/mol. The van der Waals surface area contributed by atoms with Gasteiger partial charge >= 0.3 is 6.03 Å². The first-order valence-electron chi connectivity index (χ1n) is 8.96. The maximum atomic E-state index is 13.0. The van der Waals surface area contributed by atoms with Gasteiger partial charge in [-0.25, -0.2) is 4.79 Å². The quantitative estimate of drug-likeness (QED) is 0.684. The molecule has 8 nitrogen and oxygen atoms in total. The van der Waals surface area contributed by atoms with Crippen LogP contribution in [0.2, 0.25) is 0 Å². The normalized spacial score (nSPS) is 20.4. The van der Waals surface area contributed by atoms with Crippen LogP contribution in [0.1, 0.15) is 12.5 Å². The van der Waals surface area contributed by atoms with Gasteiger partial charge in [-0.05, 0) is 42.8 Å². The first-order valence-corrected chi connectivity index (χ1v) is 9.76. The summed E-state index contributed by atoms with van der Waals surface area (Å²) >= 11 is 3.33. The van der Waals surface area contributed by atoms with Crippen molar-refractivity contribution in [2.75, 3.05) is 25.1 Å². The fraction of sp³-hybridized carbons (Fsp3) is 0.250. The number of halogens is 1. The molecule has 4 rings (SSSR count). The first kappa shape index (κ1) is 19.3. The molecule has 0 aliphatic carbocycles. The smallest absolute Gasteiger partial charge is 0.325 e. The molecule has 4 amide bonds. The Hall–Kier alpha value is -3.07. The summed E-state index contributed by atoms with van der Waals surface area (Å²) in [5.41, 5.74) is -0.191. The molecule has 2 heterocycles.